The van der Waals surface area contributed by atoms with Gasteiger partial charge in [0.05, 0.1) is 13.1 Å². The van der Waals surface area contributed by atoms with Crippen LogP contribution >= 0.6 is 0 Å². The fourth-order valence-electron chi connectivity index (χ4n) is 4.05. The van der Waals surface area contributed by atoms with E-state index in [0.717, 1.165) is 25.2 Å². The highest BCUT2D eigenvalue weighted by atomic mass is 16.2. The van der Waals surface area contributed by atoms with E-state index >= 15 is 0 Å². The molecule has 1 unspecified atom stereocenters. The van der Waals surface area contributed by atoms with Crippen molar-refractivity contribution in [3.05, 3.63) is 65.2 Å². The van der Waals surface area contributed by atoms with Gasteiger partial charge in [-0.25, -0.2) is 0 Å². The molecule has 2 amide bonds. The standard InChI is InChI=1S/C25H34N4O2/c1-18(2)15-26-24(30)25(31)27-16-23(20-9-11-22(12-10-20)28(3)4)29-14-13-19-7-5-6-8-21(19)17-29/h5-12,18,23H,13-17H2,1-4H3,(H,26,30)(H,27,31)/p+1/t23-/m1/s1. The molecular formula is C25H35N4O2+. The molecule has 0 saturated heterocycles. The topological polar surface area (TPSA) is 65.9 Å². The Morgan fingerprint density at radius 1 is 0.935 bits per heavy atom. The van der Waals surface area contributed by atoms with E-state index in [0.29, 0.717) is 19.0 Å². The summed E-state index contributed by atoms with van der Waals surface area (Å²) in [4.78, 5) is 28.0. The van der Waals surface area contributed by atoms with Crippen LogP contribution in [0.5, 0.6) is 0 Å². The van der Waals surface area contributed by atoms with Crippen LogP contribution in [0.4, 0.5) is 5.69 Å². The molecule has 2 aromatic carbocycles. The summed E-state index contributed by atoms with van der Waals surface area (Å²) in [7, 11) is 4.05. The molecule has 0 aliphatic carbocycles. The summed E-state index contributed by atoms with van der Waals surface area (Å²) in [6, 6.07) is 17.1. The van der Waals surface area contributed by atoms with E-state index in [9.17, 15) is 9.59 Å². The van der Waals surface area contributed by atoms with Gasteiger partial charge >= 0.3 is 11.8 Å². The first-order chi connectivity index (χ1) is 14.8. The Labute approximate surface area is 185 Å². The number of nitrogens with one attached hydrogen (secondary N) is 3. The summed E-state index contributed by atoms with van der Waals surface area (Å²) < 4.78 is 0. The largest absolute Gasteiger partial charge is 0.378 e. The van der Waals surface area contributed by atoms with Gasteiger partial charge in [0.2, 0.25) is 0 Å². The van der Waals surface area contributed by atoms with Crippen LogP contribution in [0.15, 0.2) is 48.5 Å². The van der Waals surface area contributed by atoms with Crippen LogP contribution < -0.4 is 20.4 Å². The molecule has 31 heavy (non-hydrogen) atoms. The summed E-state index contributed by atoms with van der Waals surface area (Å²) in [5, 5.41) is 5.58. The molecule has 0 bridgehead atoms. The van der Waals surface area contributed by atoms with Crippen molar-refractivity contribution in [2.75, 3.05) is 38.6 Å². The van der Waals surface area contributed by atoms with E-state index in [4.69, 9.17) is 0 Å². The molecule has 2 aromatic rings. The normalized spacial score (nSPS) is 16.4. The third-order valence-electron chi connectivity index (χ3n) is 5.90. The maximum atomic E-state index is 12.4. The van der Waals surface area contributed by atoms with E-state index in [2.05, 4.69) is 64.1 Å². The first kappa shape index (κ1) is 22.8. The molecule has 0 spiro atoms. The number of quaternary nitrogens is 1. The minimum Gasteiger partial charge on any atom is -0.378 e. The average Bonchev–Trinajstić information content (AvgIpc) is 2.77. The van der Waals surface area contributed by atoms with Crippen LogP contribution in [-0.2, 0) is 22.6 Å². The van der Waals surface area contributed by atoms with Crippen LogP contribution in [0.1, 0.15) is 36.6 Å². The van der Waals surface area contributed by atoms with Crippen molar-refractivity contribution >= 4 is 17.5 Å². The number of benzene rings is 2. The van der Waals surface area contributed by atoms with Gasteiger partial charge in [-0.1, -0.05) is 50.2 Å². The summed E-state index contributed by atoms with van der Waals surface area (Å²) in [6.07, 6.45) is 1.01. The minimum atomic E-state index is -0.563. The van der Waals surface area contributed by atoms with Gasteiger partial charge in [0.25, 0.3) is 0 Å². The fraction of sp³-hybridized carbons (Fsp3) is 0.440. The second-order valence-electron chi connectivity index (χ2n) is 8.96. The SMILES string of the molecule is CC(C)CNC(=O)C(=O)NC[C@H](c1ccc(N(C)C)cc1)[NH+]1CCc2ccccc2C1. The Morgan fingerprint density at radius 2 is 1.55 bits per heavy atom. The summed E-state index contributed by atoms with van der Waals surface area (Å²) in [6.45, 7) is 6.83. The number of hydrogen-bond donors (Lipinski definition) is 3. The predicted octanol–water partition coefficient (Wildman–Crippen LogP) is 1.32. The van der Waals surface area contributed by atoms with Crippen LogP contribution in [0.3, 0.4) is 0 Å². The third-order valence-corrected chi connectivity index (χ3v) is 5.90. The number of amides is 2. The van der Waals surface area contributed by atoms with Crippen molar-refractivity contribution in [2.24, 2.45) is 5.92 Å². The zero-order valence-electron chi connectivity index (χ0n) is 19.1. The number of anilines is 1. The van der Waals surface area contributed by atoms with Crippen LogP contribution in [0, 0.1) is 5.92 Å². The number of carbonyl (C=O) groups is 2. The molecule has 0 saturated carbocycles. The summed E-state index contributed by atoms with van der Waals surface area (Å²) in [5.41, 5.74) is 5.08. The van der Waals surface area contributed by atoms with E-state index in [1.165, 1.54) is 21.6 Å². The summed E-state index contributed by atoms with van der Waals surface area (Å²) in [5.74, 6) is -0.820. The average molecular weight is 424 g/mol. The van der Waals surface area contributed by atoms with Gasteiger partial charge in [0.1, 0.15) is 12.6 Å². The molecule has 1 aliphatic heterocycles. The molecule has 0 radical (unpaired) electrons. The fourth-order valence-corrected chi connectivity index (χ4v) is 4.05. The van der Waals surface area contributed by atoms with Gasteiger partial charge < -0.3 is 20.4 Å². The smallest absolute Gasteiger partial charge is 0.309 e. The van der Waals surface area contributed by atoms with Crippen molar-refractivity contribution in [1.29, 1.82) is 0 Å². The molecule has 3 rings (SSSR count). The lowest BCUT2D eigenvalue weighted by Crippen LogP contribution is -3.12. The van der Waals surface area contributed by atoms with Gasteiger partial charge in [-0.2, -0.15) is 0 Å². The van der Waals surface area contributed by atoms with Crippen molar-refractivity contribution in [3.63, 3.8) is 0 Å². The zero-order valence-corrected chi connectivity index (χ0v) is 19.1. The molecule has 6 heteroatoms. The highest BCUT2D eigenvalue weighted by Crippen LogP contribution is 2.18. The van der Waals surface area contributed by atoms with Gasteiger partial charge in [0.15, 0.2) is 0 Å². The number of fused-ring (bicyclic) bond motifs is 1. The van der Waals surface area contributed by atoms with Gasteiger partial charge in [-0.3, -0.25) is 9.59 Å². The Hall–Kier alpha value is -2.86. The van der Waals surface area contributed by atoms with E-state index in [1.54, 1.807) is 0 Å². The van der Waals surface area contributed by atoms with Crippen LogP contribution in [-0.4, -0.2) is 45.5 Å². The second-order valence-corrected chi connectivity index (χ2v) is 8.96. The highest BCUT2D eigenvalue weighted by molar-refractivity contribution is 6.35. The molecule has 2 atom stereocenters. The maximum Gasteiger partial charge on any atom is 0.309 e. The second kappa shape index (κ2) is 10.4. The highest BCUT2D eigenvalue weighted by Gasteiger charge is 2.29. The quantitative estimate of drug-likeness (QED) is 0.589. The molecule has 166 valence electrons. The van der Waals surface area contributed by atoms with E-state index in [-0.39, 0.29) is 6.04 Å². The summed E-state index contributed by atoms with van der Waals surface area (Å²) >= 11 is 0. The van der Waals surface area contributed by atoms with Gasteiger partial charge in [-0.15, -0.1) is 0 Å². The Bertz CT molecular complexity index is 893. The zero-order chi connectivity index (χ0) is 22.4. The number of rotatable bonds is 7. The van der Waals surface area contributed by atoms with Gasteiger partial charge in [0, 0.05) is 43.9 Å². The number of hydrogen-bond acceptors (Lipinski definition) is 3. The lowest BCUT2D eigenvalue weighted by Gasteiger charge is -2.33. The number of nitrogens with zero attached hydrogens (tertiary/aromatic N) is 1. The minimum absolute atomic E-state index is 0.0754. The third kappa shape index (κ3) is 6.07. The first-order valence-corrected chi connectivity index (χ1v) is 11.1. The van der Waals surface area contributed by atoms with Crippen molar-refractivity contribution in [1.82, 2.24) is 10.6 Å². The Kier molecular flexibility index (Phi) is 7.69. The van der Waals surface area contributed by atoms with E-state index < -0.39 is 11.8 Å². The van der Waals surface area contributed by atoms with Crippen LogP contribution in [0.2, 0.25) is 0 Å². The predicted molar refractivity (Wildman–Crippen MR) is 124 cm³/mol. The van der Waals surface area contributed by atoms with Crippen molar-refractivity contribution in [2.45, 2.75) is 32.9 Å². The van der Waals surface area contributed by atoms with Gasteiger partial charge in [-0.05, 0) is 23.6 Å². The maximum absolute atomic E-state index is 12.4. The molecule has 1 heterocycles. The lowest BCUT2D eigenvalue weighted by molar-refractivity contribution is -0.945. The Balaban J connectivity index is 1.75. The molecule has 0 fully saturated rings. The van der Waals surface area contributed by atoms with E-state index in [1.807, 2.05) is 27.9 Å². The lowest BCUT2D eigenvalue weighted by atomic mass is 9.96. The Morgan fingerprint density at radius 3 is 2.16 bits per heavy atom. The first-order valence-electron chi connectivity index (χ1n) is 11.1. The van der Waals surface area contributed by atoms with Crippen molar-refractivity contribution in [3.8, 4) is 0 Å². The molecule has 6 nitrogen and oxygen atoms in total. The molecule has 0 aromatic heterocycles. The monoisotopic (exact) mass is 423 g/mol. The van der Waals surface area contributed by atoms with Crippen molar-refractivity contribution < 1.29 is 14.5 Å². The molecule has 1 aliphatic rings. The molecular weight excluding hydrogens is 388 g/mol. The molecule has 3 N–H and O–H groups in total. The number of carbonyl (C=O) groups excluding carboxylic acids is 2. The van der Waals surface area contributed by atoms with Crippen LogP contribution in [0.25, 0.3) is 0 Å².